The van der Waals surface area contributed by atoms with Crippen molar-refractivity contribution in [2.24, 2.45) is 0 Å². The molecule has 6 heteroatoms. The van der Waals surface area contributed by atoms with Crippen LogP contribution in [0.15, 0.2) is 30.3 Å². The second-order valence-corrected chi connectivity index (χ2v) is 5.49. The molecule has 0 bridgehead atoms. The van der Waals surface area contributed by atoms with Gasteiger partial charge in [0.05, 0.1) is 5.69 Å². The summed E-state index contributed by atoms with van der Waals surface area (Å²) in [7, 11) is 0. The number of nitrogens with one attached hydrogen (secondary N) is 1. The fraction of sp³-hybridized carbons (Fsp3) is 0.267. The van der Waals surface area contributed by atoms with Gasteiger partial charge in [-0.05, 0) is 18.4 Å². The number of carbonyl (C=O) groups excluding carboxylic acids is 1. The van der Waals surface area contributed by atoms with Gasteiger partial charge in [-0.3, -0.25) is 4.79 Å². The standard InChI is InChI=1S/C15H16N2O3S/c1-2-12(18)17-15-16-11(13(21-15)14(19)20)9-8-10-6-4-3-5-7-10/h3-7H,2,8-9H2,1H3,(H,19,20)(H,16,17,18). The van der Waals surface area contributed by atoms with Crippen LogP contribution in [0.1, 0.15) is 34.3 Å². The molecule has 1 aromatic heterocycles. The van der Waals surface area contributed by atoms with E-state index in [-0.39, 0.29) is 10.8 Å². The summed E-state index contributed by atoms with van der Waals surface area (Å²) in [6, 6.07) is 9.81. The zero-order chi connectivity index (χ0) is 15.2. The van der Waals surface area contributed by atoms with Gasteiger partial charge in [0.2, 0.25) is 5.91 Å². The predicted molar refractivity (Wildman–Crippen MR) is 81.8 cm³/mol. The van der Waals surface area contributed by atoms with Crippen LogP contribution >= 0.6 is 11.3 Å². The number of rotatable bonds is 6. The first-order valence-electron chi connectivity index (χ1n) is 6.67. The van der Waals surface area contributed by atoms with E-state index in [9.17, 15) is 14.7 Å². The Hall–Kier alpha value is -2.21. The number of nitrogens with zero attached hydrogens (tertiary/aromatic N) is 1. The second-order valence-electron chi connectivity index (χ2n) is 4.49. The molecule has 0 saturated carbocycles. The Morgan fingerprint density at radius 1 is 1.24 bits per heavy atom. The molecule has 0 aliphatic rings. The van der Waals surface area contributed by atoms with Crippen molar-refractivity contribution in [2.45, 2.75) is 26.2 Å². The average molecular weight is 304 g/mol. The SMILES string of the molecule is CCC(=O)Nc1nc(CCc2ccccc2)c(C(=O)O)s1. The Kier molecular flexibility index (Phi) is 5.05. The van der Waals surface area contributed by atoms with Crippen LogP contribution in [-0.2, 0) is 17.6 Å². The van der Waals surface area contributed by atoms with E-state index in [1.54, 1.807) is 6.92 Å². The average Bonchev–Trinajstić information content (AvgIpc) is 2.89. The summed E-state index contributed by atoms with van der Waals surface area (Å²) in [5.74, 6) is -1.18. The summed E-state index contributed by atoms with van der Waals surface area (Å²) in [5, 5.41) is 12.2. The Bertz CT molecular complexity index is 638. The fourth-order valence-electron chi connectivity index (χ4n) is 1.86. The quantitative estimate of drug-likeness (QED) is 0.860. The topological polar surface area (TPSA) is 79.3 Å². The third-order valence-electron chi connectivity index (χ3n) is 2.95. The van der Waals surface area contributed by atoms with Gasteiger partial charge in [0.25, 0.3) is 0 Å². The van der Waals surface area contributed by atoms with Crippen LogP contribution in [0, 0.1) is 0 Å². The van der Waals surface area contributed by atoms with Crippen molar-refractivity contribution in [3.05, 3.63) is 46.5 Å². The van der Waals surface area contributed by atoms with Crippen LogP contribution in [0.3, 0.4) is 0 Å². The normalized spacial score (nSPS) is 10.3. The number of carboxylic acids is 1. The van der Waals surface area contributed by atoms with E-state index < -0.39 is 5.97 Å². The van der Waals surface area contributed by atoms with E-state index in [1.165, 1.54) is 0 Å². The number of amides is 1. The molecule has 1 aromatic carbocycles. The van der Waals surface area contributed by atoms with E-state index >= 15 is 0 Å². The van der Waals surface area contributed by atoms with Gasteiger partial charge in [0, 0.05) is 6.42 Å². The molecule has 0 radical (unpaired) electrons. The zero-order valence-corrected chi connectivity index (χ0v) is 12.4. The molecule has 2 rings (SSSR count). The van der Waals surface area contributed by atoms with Crippen LogP contribution in [0.2, 0.25) is 0 Å². The highest BCUT2D eigenvalue weighted by Crippen LogP contribution is 2.24. The van der Waals surface area contributed by atoms with Gasteiger partial charge in [-0.1, -0.05) is 48.6 Å². The lowest BCUT2D eigenvalue weighted by atomic mass is 10.1. The molecule has 1 heterocycles. The van der Waals surface area contributed by atoms with Gasteiger partial charge in [0.15, 0.2) is 5.13 Å². The van der Waals surface area contributed by atoms with E-state index in [0.717, 1.165) is 16.9 Å². The van der Waals surface area contributed by atoms with Crippen LogP contribution in [0.5, 0.6) is 0 Å². The minimum Gasteiger partial charge on any atom is -0.477 e. The second kappa shape index (κ2) is 6.99. The Balaban J connectivity index is 2.13. The van der Waals surface area contributed by atoms with Gasteiger partial charge < -0.3 is 10.4 Å². The molecule has 0 aliphatic carbocycles. The first kappa shape index (κ1) is 15.2. The molecule has 1 amide bonds. The minimum atomic E-state index is -1.01. The number of benzene rings is 1. The van der Waals surface area contributed by atoms with Crippen molar-refractivity contribution in [3.8, 4) is 0 Å². The first-order chi connectivity index (χ1) is 10.1. The van der Waals surface area contributed by atoms with Gasteiger partial charge in [-0.2, -0.15) is 0 Å². The molecule has 21 heavy (non-hydrogen) atoms. The molecule has 5 nitrogen and oxygen atoms in total. The minimum absolute atomic E-state index is 0.171. The Labute approximate surface area is 126 Å². The van der Waals surface area contributed by atoms with Crippen molar-refractivity contribution in [1.29, 1.82) is 0 Å². The van der Waals surface area contributed by atoms with Crippen molar-refractivity contribution >= 4 is 28.3 Å². The summed E-state index contributed by atoms with van der Waals surface area (Å²) >= 11 is 1.00. The predicted octanol–water partition coefficient (Wildman–Crippen LogP) is 2.98. The largest absolute Gasteiger partial charge is 0.477 e. The summed E-state index contributed by atoms with van der Waals surface area (Å²) < 4.78 is 0. The van der Waals surface area contributed by atoms with E-state index in [0.29, 0.717) is 30.1 Å². The number of hydrogen-bond donors (Lipinski definition) is 2. The maximum absolute atomic E-state index is 11.4. The van der Waals surface area contributed by atoms with Crippen molar-refractivity contribution in [1.82, 2.24) is 4.98 Å². The van der Waals surface area contributed by atoms with Crippen molar-refractivity contribution in [2.75, 3.05) is 5.32 Å². The molecule has 0 aliphatic heterocycles. The maximum Gasteiger partial charge on any atom is 0.347 e. The third kappa shape index (κ3) is 4.13. The number of carbonyl (C=O) groups is 2. The van der Waals surface area contributed by atoms with E-state index in [4.69, 9.17) is 0 Å². The van der Waals surface area contributed by atoms with Crippen molar-refractivity contribution in [3.63, 3.8) is 0 Å². The molecule has 0 saturated heterocycles. The van der Waals surface area contributed by atoms with Gasteiger partial charge in [0.1, 0.15) is 4.88 Å². The summed E-state index contributed by atoms with van der Waals surface area (Å²) in [5.41, 5.74) is 1.64. The molecule has 0 fully saturated rings. The molecular weight excluding hydrogens is 288 g/mol. The lowest BCUT2D eigenvalue weighted by Crippen LogP contribution is -2.09. The van der Waals surface area contributed by atoms with E-state index in [2.05, 4.69) is 10.3 Å². The monoisotopic (exact) mass is 304 g/mol. The van der Waals surface area contributed by atoms with Crippen LogP contribution in [0.25, 0.3) is 0 Å². The summed E-state index contributed by atoms with van der Waals surface area (Å²) in [6.07, 6.45) is 1.58. The van der Waals surface area contributed by atoms with Gasteiger partial charge in [-0.15, -0.1) is 0 Å². The number of anilines is 1. The number of aromatic carboxylic acids is 1. The fourth-order valence-corrected chi connectivity index (χ4v) is 2.72. The first-order valence-corrected chi connectivity index (χ1v) is 7.48. The highest BCUT2D eigenvalue weighted by molar-refractivity contribution is 7.17. The molecule has 110 valence electrons. The summed E-state index contributed by atoms with van der Waals surface area (Å²) in [4.78, 5) is 27.1. The number of carboxylic acid groups (broad SMARTS) is 1. The highest BCUT2D eigenvalue weighted by Gasteiger charge is 2.18. The number of aryl methyl sites for hydroxylation is 2. The Morgan fingerprint density at radius 2 is 1.95 bits per heavy atom. The van der Waals surface area contributed by atoms with Crippen LogP contribution in [-0.4, -0.2) is 22.0 Å². The molecule has 2 aromatic rings. The third-order valence-corrected chi connectivity index (χ3v) is 3.95. The lowest BCUT2D eigenvalue weighted by molar-refractivity contribution is -0.115. The van der Waals surface area contributed by atoms with Crippen molar-refractivity contribution < 1.29 is 14.7 Å². The van der Waals surface area contributed by atoms with E-state index in [1.807, 2.05) is 30.3 Å². The zero-order valence-electron chi connectivity index (χ0n) is 11.6. The number of hydrogen-bond acceptors (Lipinski definition) is 4. The molecule has 2 N–H and O–H groups in total. The molecule has 0 spiro atoms. The van der Waals surface area contributed by atoms with Gasteiger partial charge in [-0.25, -0.2) is 9.78 Å². The number of aromatic nitrogens is 1. The number of thiazole rings is 1. The van der Waals surface area contributed by atoms with Gasteiger partial charge >= 0.3 is 5.97 Å². The highest BCUT2D eigenvalue weighted by atomic mass is 32.1. The molecule has 0 unspecified atom stereocenters. The van der Waals surface area contributed by atoms with Crippen LogP contribution in [0.4, 0.5) is 5.13 Å². The lowest BCUT2D eigenvalue weighted by Gasteiger charge is -2.00. The van der Waals surface area contributed by atoms with Crippen LogP contribution < -0.4 is 5.32 Å². The Morgan fingerprint density at radius 3 is 2.57 bits per heavy atom. The molecule has 0 atom stereocenters. The molecular formula is C15H16N2O3S. The summed E-state index contributed by atoms with van der Waals surface area (Å²) in [6.45, 7) is 1.73. The smallest absolute Gasteiger partial charge is 0.347 e. The maximum atomic E-state index is 11.4.